The molecule has 0 saturated carbocycles. The number of rotatable bonds is 4. The zero-order chi connectivity index (χ0) is 22.1. The van der Waals surface area contributed by atoms with Crippen LogP contribution in [0.5, 0.6) is 0 Å². The third kappa shape index (κ3) is 10.4. The van der Waals surface area contributed by atoms with Crippen LogP contribution in [0, 0.1) is 18.8 Å². The van der Waals surface area contributed by atoms with Gasteiger partial charge in [-0.2, -0.15) is 5.92 Å². The smallest absolute Gasteiger partial charge is 1.00 e. The molecule has 0 saturated heterocycles. The van der Waals surface area contributed by atoms with Crippen molar-refractivity contribution in [3.63, 3.8) is 0 Å². The van der Waals surface area contributed by atoms with Crippen molar-refractivity contribution < 1.29 is 26.9 Å². The van der Waals surface area contributed by atoms with Crippen LogP contribution in [0.3, 0.4) is 0 Å². The number of halogens is 1. The fraction of sp³-hybridized carbons (Fsp3) is 0.308. The Bertz CT molecular complexity index is 987. The van der Waals surface area contributed by atoms with Crippen molar-refractivity contribution in [3.8, 4) is 0 Å². The van der Waals surface area contributed by atoms with Gasteiger partial charge in [0, 0.05) is 14.3 Å². The molecule has 2 aromatic heterocycles. The van der Waals surface area contributed by atoms with E-state index in [1.54, 1.807) is 11.3 Å². The van der Waals surface area contributed by atoms with Gasteiger partial charge in [-0.3, -0.25) is 4.79 Å². The number of fused-ring (bicyclic) bond motifs is 2. The molecule has 6 heteroatoms. The van der Waals surface area contributed by atoms with Crippen LogP contribution in [0.25, 0.3) is 20.2 Å². The molecule has 2 nitrogen and oxygen atoms in total. The van der Waals surface area contributed by atoms with Gasteiger partial charge < -0.3 is 29.0 Å². The maximum atomic E-state index is 10.4. The predicted octanol–water partition coefficient (Wildman–Crippen LogP) is 4.79. The molecule has 4 rings (SSSR count). The van der Waals surface area contributed by atoms with Crippen LogP contribution in [0.4, 0.5) is 0 Å². The molecule has 1 unspecified atom stereocenters. The topological polar surface area (TPSA) is 37.3 Å². The Morgan fingerprint density at radius 2 is 1.38 bits per heavy atom. The molecule has 168 valence electrons. The molecule has 32 heavy (non-hydrogen) atoms. The molecular weight excluding hydrogens is 513 g/mol. The van der Waals surface area contributed by atoms with Crippen LogP contribution in [-0.2, 0) is 0 Å². The summed E-state index contributed by atoms with van der Waals surface area (Å²) in [6, 6.07) is 20.3. The largest absolute Gasteiger partial charge is 2.00 e. The van der Waals surface area contributed by atoms with Crippen molar-refractivity contribution in [3.05, 3.63) is 77.3 Å². The second-order valence-corrected chi connectivity index (χ2v) is 10.3. The summed E-state index contributed by atoms with van der Waals surface area (Å²) in [4.78, 5) is 12.3. The minimum atomic E-state index is -0.303. The van der Waals surface area contributed by atoms with Gasteiger partial charge in [-0.05, 0) is 47.4 Å². The molecule has 1 atom stereocenters. The summed E-state index contributed by atoms with van der Waals surface area (Å²) >= 11 is 3.23. The van der Waals surface area contributed by atoms with E-state index in [9.17, 15) is 9.90 Å². The van der Waals surface area contributed by atoms with E-state index in [-0.39, 0.29) is 46.1 Å². The molecule has 0 spiro atoms. The van der Waals surface area contributed by atoms with Crippen molar-refractivity contribution in [1.29, 1.82) is 0 Å². The molecule has 0 amide bonds. The van der Waals surface area contributed by atoms with Crippen molar-refractivity contribution >= 4 is 72.2 Å². The minimum absolute atomic E-state index is 0. The summed E-state index contributed by atoms with van der Waals surface area (Å²) in [5, 5.41) is 12.4. The third-order valence-corrected chi connectivity index (χ3v) is 6.29. The number of carbonyl (C=O) groups is 1. The maximum Gasteiger partial charge on any atom is 2.00 e. The monoisotopic (exact) mass is 542 g/mol. The molecule has 0 fully saturated rings. The van der Waals surface area contributed by atoms with E-state index >= 15 is 0 Å². The van der Waals surface area contributed by atoms with Crippen molar-refractivity contribution in [2.45, 2.75) is 40.2 Å². The van der Waals surface area contributed by atoms with Gasteiger partial charge in [-0.25, -0.2) is 0 Å². The van der Waals surface area contributed by atoms with Crippen LogP contribution in [0.1, 0.15) is 54.8 Å². The van der Waals surface area contributed by atoms with Gasteiger partial charge in [-0.15, -0.1) is 22.7 Å². The van der Waals surface area contributed by atoms with Gasteiger partial charge in [-0.1, -0.05) is 64.1 Å². The molecule has 0 aliphatic carbocycles. The van der Waals surface area contributed by atoms with E-state index in [2.05, 4.69) is 52.8 Å². The van der Waals surface area contributed by atoms with Gasteiger partial charge in [0.05, 0.1) is 11.0 Å². The van der Waals surface area contributed by atoms with Crippen molar-refractivity contribution in [1.82, 2.24) is 0 Å². The van der Waals surface area contributed by atoms with Gasteiger partial charge >= 0.3 is 23.1 Å². The molecule has 0 bridgehead atoms. The van der Waals surface area contributed by atoms with E-state index in [1.165, 1.54) is 26.1 Å². The Balaban J connectivity index is 0.000000502. The first-order valence-electron chi connectivity index (χ1n) is 10.2. The number of hydrogen-bond acceptors (Lipinski definition) is 4. The summed E-state index contributed by atoms with van der Waals surface area (Å²) < 4.78 is 2.44. The number of aldehydes is 1. The van der Waals surface area contributed by atoms with E-state index in [0.717, 1.165) is 27.8 Å². The average Bonchev–Trinajstić information content (AvgIpc) is 3.31. The average molecular weight is 544 g/mol. The van der Waals surface area contributed by atoms with Crippen LogP contribution in [0.2, 0.25) is 0 Å². The first kappa shape index (κ1) is 31.2. The zero-order valence-corrected chi connectivity index (χ0v) is 23.9. The fourth-order valence-corrected chi connectivity index (χ4v) is 4.73. The quantitative estimate of drug-likeness (QED) is 0.228. The minimum Gasteiger partial charge on any atom is -1.00 e. The molecule has 2 heterocycles. The van der Waals surface area contributed by atoms with Crippen molar-refractivity contribution in [2.24, 2.45) is 11.8 Å². The summed E-state index contributed by atoms with van der Waals surface area (Å²) in [5.74, 6) is 1.12. The molecule has 0 aliphatic heterocycles. The van der Waals surface area contributed by atoms with E-state index in [1.807, 2.05) is 42.5 Å². The van der Waals surface area contributed by atoms with Crippen LogP contribution in [0.15, 0.2) is 60.7 Å². The normalized spacial score (nSPS) is 11.0. The number of benzene rings is 2. The predicted molar refractivity (Wildman–Crippen MR) is 139 cm³/mol. The third-order valence-electron chi connectivity index (χ3n) is 4.03. The Labute approximate surface area is 227 Å². The number of aliphatic hydroxyl groups is 1. The Morgan fingerprint density at radius 3 is 1.81 bits per heavy atom. The molecule has 1 N–H and O–H groups in total. The van der Waals surface area contributed by atoms with Gasteiger partial charge in [0.1, 0.15) is 0 Å². The number of thiophene rings is 2. The fourth-order valence-electron chi connectivity index (χ4n) is 2.79. The molecular formula is C26H31BrMgO2S2. The van der Waals surface area contributed by atoms with E-state index < -0.39 is 0 Å². The molecule has 0 radical (unpaired) electrons. The van der Waals surface area contributed by atoms with Gasteiger partial charge in [0.2, 0.25) is 0 Å². The standard InChI is InChI=1S/C13H16OS.C9H6OS.C4H9.BrH.Mg/c1-9(2)7-11(14)13-8-10-5-3-4-6-12(10)15-13;10-6-8-5-7-3-1-2-4-9(7)11-8;1-4(2)3;;/h3-6,8-9,11,14H,7H2,1-2H3;1-6H;4H,1H2,2-3H3;1H;/q;;-1;;+2/p-1. The Morgan fingerprint density at radius 1 is 0.906 bits per heavy atom. The summed E-state index contributed by atoms with van der Waals surface area (Å²) in [7, 11) is 0. The number of hydrogen-bond donors (Lipinski definition) is 1. The van der Waals surface area contributed by atoms with Crippen LogP contribution < -0.4 is 17.0 Å². The van der Waals surface area contributed by atoms with Crippen LogP contribution in [-0.4, -0.2) is 34.4 Å². The zero-order valence-electron chi connectivity index (χ0n) is 19.3. The number of aliphatic hydroxyl groups excluding tert-OH is 1. The maximum absolute atomic E-state index is 10.4. The summed E-state index contributed by atoms with van der Waals surface area (Å²) in [5.41, 5.74) is 0. The SMILES string of the molecule is CC(C)CC(O)c1cc2ccccc2s1.O=Cc1cc2ccccc2s1.[Br-].[CH2-]C(C)C.[Mg+2]. The van der Waals surface area contributed by atoms with Gasteiger partial charge in [0.15, 0.2) is 6.29 Å². The Hall–Kier alpha value is -0.764. The summed E-state index contributed by atoms with van der Waals surface area (Å²) in [6.45, 7) is 12.0. The summed E-state index contributed by atoms with van der Waals surface area (Å²) in [6.07, 6.45) is 1.43. The Kier molecular flexibility index (Phi) is 15.6. The first-order chi connectivity index (χ1) is 14.3. The van der Waals surface area contributed by atoms with E-state index in [4.69, 9.17) is 0 Å². The van der Waals surface area contributed by atoms with E-state index in [0.29, 0.717) is 11.8 Å². The second-order valence-electron chi connectivity index (χ2n) is 8.03. The molecule has 0 aliphatic rings. The number of carbonyl (C=O) groups excluding carboxylic acids is 1. The first-order valence-corrected chi connectivity index (χ1v) is 11.9. The molecule has 2 aromatic carbocycles. The van der Waals surface area contributed by atoms with Crippen LogP contribution >= 0.6 is 22.7 Å². The van der Waals surface area contributed by atoms with Crippen molar-refractivity contribution in [2.75, 3.05) is 0 Å². The molecule has 4 aromatic rings. The van der Waals surface area contributed by atoms with Gasteiger partial charge in [0.25, 0.3) is 0 Å². The second kappa shape index (κ2) is 16.0.